The number of rotatable bonds is 2. The van der Waals surface area contributed by atoms with Crippen molar-refractivity contribution in [3.8, 4) is 0 Å². The van der Waals surface area contributed by atoms with Gasteiger partial charge in [-0.05, 0) is 24.8 Å². The largest absolute Gasteiger partial charge is 0.351 e. The summed E-state index contributed by atoms with van der Waals surface area (Å²) in [4.78, 5) is 16.7. The summed E-state index contributed by atoms with van der Waals surface area (Å²) in [5.74, 6) is 1.22. The minimum Gasteiger partial charge on any atom is -0.351 e. The van der Waals surface area contributed by atoms with E-state index in [0.29, 0.717) is 11.7 Å². The highest BCUT2D eigenvalue weighted by Gasteiger charge is 2.23. The topological polar surface area (TPSA) is 59.3 Å². The summed E-state index contributed by atoms with van der Waals surface area (Å²) < 4.78 is 0. The fraction of sp³-hybridized carbons (Fsp3) is 0.615. The molecule has 1 fully saturated rings. The summed E-state index contributed by atoms with van der Waals surface area (Å²) in [6.45, 7) is 7.93. The first-order valence-corrected chi connectivity index (χ1v) is 6.53. The van der Waals surface area contributed by atoms with Crippen molar-refractivity contribution in [1.82, 2.24) is 4.98 Å². The fourth-order valence-electron chi connectivity index (χ4n) is 2.00. The van der Waals surface area contributed by atoms with E-state index in [1.54, 1.807) is 12.3 Å². The van der Waals surface area contributed by atoms with Gasteiger partial charge >= 0.3 is 5.69 Å². The molecule has 0 unspecified atom stereocenters. The maximum Gasteiger partial charge on any atom is 0.311 e. The van der Waals surface area contributed by atoms with E-state index in [9.17, 15) is 10.1 Å². The highest BCUT2D eigenvalue weighted by molar-refractivity contribution is 5.57. The molecule has 18 heavy (non-hydrogen) atoms. The number of hydrogen-bond donors (Lipinski definition) is 0. The Bertz CT molecular complexity index is 388. The van der Waals surface area contributed by atoms with Crippen molar-refractivity contribution >= 4 is 11.5 Å². The van der Waals surface area contributed by atoms with Gasteiger partial charge < -0.3 is 4.90 Å². The van der Waals surface area contributed by atoms with Crippen LogP contribution in [0.15, 0.2) is 18.3 Å². The van der Waals surface area contributed by atoms with Crippen molar-refractivity contribution in [2.45, 2.75) is 33.6 Å². The Morgan fingerprint density at radius 3 is 2.56 bits per heavy atom. The molecule has 2 rings (SSSR count). The second-order valence-electron chi connectivity index (χ2n) is 4.27. The van der Waals surface area contributed by atoms with Crippen molar-refractivity contribution in [3.05, 3.63) is 28.4 Å². The summed E-state index contributed by atoms with van der Waals surface area (Å²) in [5.41, 5.74) is 0.108. The molecule has 5 nitrogen and oxygen atoms in total. The molecule has 0 bridgehead atoms. The van der Waals surface area contributed by atoms with Gasteiger partial charge in [0.2, 0.25) is 5.82 Å². The van der Waals surface area contributed by atoms with Gasteiger partial charge in [-0.3, -0.25) is 10.1 Å². The lowest BCUT2D eigenvalue weighted by molar-refractivity contribution is -0.384. The maximum absolute atomic E-state index is 10.9. The van der Waals surface area contributed by atoms with Gasteiger partial charge in [0.1, 0.15) is 0 Å². The van der Waals surface area contributed by atoms with Crippen LogP contribution in [0.4, 0.5) is 11.5 Å². The standard InChI is InChI=1S/C11H15N3O2.C2H6/c1-9-4-7-13(8-5-9)11-10(14(15)16)3-2-6-12-11;1-2/h2-3,6,9H,4-5,7-8H2,1H3;1-2H3. The zero-order chi connectivity index (χ0) is 13.5. The Labute approximate surface area is 108 Å². The fourth-order valence-corrected chi connectivity index (χ4v) is 2.00. The molecule has 1 aliphatic heterocycles. The van der Waals surface area contributed by atoms with E-state index in [0.717, 1.165) is 25.9 Å². The van der Waals surface area contributed by atoms with Crippen LogP contribution in [0.3, 0.4) is 0 Å². The van der Waals surface area contributed by atoms with E-state index in [2.05, 4.69) is 11.9 Å². The summed E-state index contributed by atoms with van der Waals surface area (Å²) in [6.07, 6.45) is 3.77. The molecule has 0 atom stereocenters. The minimum absolute atomic E-state index is 0.108. The van der Waals surface area contributed by atoms with Gasteiger partial charge in [0, 0.05) is 25.4 Å². The smallest absolute Gasteiger partial charge is 0.311 e. The van der Waals surface area contributed by atoms with Crippen molar-refractivity contribution in [1.29, 1.82) is 0 Å². The molecule has 0 saturated carbocycles. The van der Waals surface area contributed by atoms with Crippen LogP contribution in [0.2, 0.25) is 0 Å². The third kappa shape index (κ3) is 3.42. The Morgan fingerprint density at radius 1 is 1.39 bits per heavy atom. The number of nitro groups is 1. The highest BCUT2D eigenvalue weighted by atomic mass is 16.6. The number of piperidine rings is 1. The predicted octanol–water partition coefficient (Wildman–Crippen LogP) is 3.25. The van der Waals surface area contributed by atoms with Crippen LogP contribution in [0, 0.1) is 16.0 Å². The van der Waals surface area contributed by atoms with Gasteiger partial charge in [-0.1, -0.05) is 20.8 Å². The van der Waals surface area contributed by atoms with Crippen LogP contribution in [0.1, 0.15) is 33.6 Å². The van der Waals surface area contributed by atoms with E-state index in [4.69, 9.17) is 0 Å². The quantitative estimate of drug-likeness (QED) is 0.598. The lowest BCUT2D eigenvalue weighted by atomic mass is 9.99. The van der Waals surface area contributed by atoms with Gasteiger partial charge in [-0.15, -0.1) is 0 Å². The Kier molecular flexibility index (Phi) is 5.55. The average Bonchev–Trinajstić information content (AvgIpc) is 2.42. The lowest BCUT2D eigenvalue weighted by Crippen LogP contribution is -2.33. The van der Waals surface area contributed by atoms with Gasteiger partial charge in [-0.2, -0.15) is 0 Å². The normalized spacial score (nSPS) is 15.8. The van der Waals surface area contributed by atoms with Crippen LogP contribution in [0.5, 0.6) is 0 Å². The van der Waals surface area contributed by atoms with Gasteiger partial charge in [0.05, 0.1) is 4.92 Å². The number of anilines is 1. The van der Waals surface area contributed by atoms with Crippen LogP contribution in [-0.2, 0) is 0 Å². The lowest BCUT2D eigenvalue weighted by Gasteiger charge is -2.30. The third-order valence-corrected chi connectivity index (χ3v) is 3.05. The first kappa shape index (κ1) is 14.4. The Balaban J connectivity index is 0.000000771. The minimum atomic E-state index is -0.361. The number of aromatic nitrogens is 1. The van der Waals surface area contributed by atoms with E-state index < -0.39 is 0 Å². The van der Waals surface area contributed by atoms with E-state index in [1.807, 2.05) is 18.7 Å². The van der Waals surface area contributed by atoms with Crippen LogP contribution >= 0.6 is 0 Å². The van der Waals surface area contributed by atoms with Gasteiger partial charge in [-0.25, -0.2) is 4.98 Å². The number of nitrogens with zero attached hydrogens (tertiary/aromatic N) is 3. The first-order chi connectivity index (χ1) is 8.68. The van der Waals surface area contributed by atoms with Crippen molar-refractivity contribution in [2.75, 3.05) is 18.0 Å². The van der Waals surface area contributed by atoms with Gasteiger partial charge in [0.15, 0.2) is 0 Å². The third-order valence-electron chi connectivity index (χ3n) is 3.05. The summed E-state index contributed by atoms with van der Waals surface area (Å²) in [6, 6.07) is 3.12. The predicted molar refractivity (Wildman–Crippen MR) is 72.9 cm³/mol. The second kappa shape index (κ2) is 6.93. The van der Waals surface area contributed by atoms with Gasteiger partial charge in [0.25, 0.3) is 0 Å². The summed E-state index contributed by atoms with van der Waals surface area (Å²) >= 11 is 0. The zero-order valence-corrected chi connectivity index (χ0v) is 11.3. The first-order valence-electron chi connectivity index (χ1n) is 6.53. The van der Waals surface area contributed by atoms with Crippen LogP contribution in [-0.4, -0.2) is 23.0 Å². The van der Waals surface area contributed by atoms with Crippen molar-refractivity contribution in [3.63, 3.8) is 0 Å². The molecule has 0 radical (unpaired) electrons. The molecule has 0 aromatic carbocycles. The Morgan fingerprint density at radius 2 is 2.00 bits per heavy atom. The molecule has 5 heteroatoms. The number of pyridine rings is 1. The molecular formula is C13H21N3O2. The molecule has 1 aromatic heterocycles. The SMILES string of the molecule is CC.CC1CCN(c2ncccc2[N+](=O)[O-])CC1. The van der Waals surface area contributed by atoms with Crippen molar-refractivity contribution < 1.29 is 4.92 Å². The number of hydrogen-bond acceptors (Lipinski definition) is 4. The molecule has 1 aliphatic rings. The summed E-state index contributed by atoms with van der Waals surface area (Å²) in [5, 5.41) is 10.9. The van der Waals surface area contributed by atoms with Crippen molar-refractivity contribution in [2.24, 2.45) is 5.92 Å². The monoisotopic (exact) mass is 251 g/mol. The molecule has 1 aromatic rings. The maximum atomic E-state index is 10.9. The molecule has 0 N–H and O–H groups in total. The molecule has 0 amide bonds. The molecule has 100 valence electrons. The van der Waals surface area contributed by atoms with E-state index >= 15 is 0 Å². The average molecular weight is 251 g/mol. The molecule has 0 spiro atoms. The van der Waals surface area contributed by atoms with E-state index in [1.165, 1.54) is 6.07 Å². The van der Waals surface area contributed by atoms with Crippen LogP contribution in [0.25, 0.3) is 0 Å². The molecule has 0 aliphatic carbocycles. The Hall–Kier alpha value is -1.65. The summed E-state index contributed by atoms with van der Waals surface area (Å²) in [7, 11) is 0. The zero-order valence-electron chi connectivity index (χ0n) is 11.3. The van der Waals surface area contributed by atoms with Crippen LogP contribution < -0.4 is 4.90 Å². The highest BCUT2D eigenvalue weighted by Crippen LogP contribution is 2.28. The second-order valence-corrected chi connectivity index (χ2v) is 4.27. The molecule has 2 heterocycles. The molecule has 1 saturated heterocycles. The van der Waals surface area contributed by atoms with E-state index in [-0.39, 0.29) is 10.6 Å². The molecular weight excluding hydrogens is 230 g/mol.